The summed E-state index contributed by atoms with van der Waals surface area (Å²) < 4.78 is 39.8. The summed E-state index contributed by atoms with van der Waals surface area (Å²) in [6.07, 6.45) is -0.236. The van der Waals surface area contributed by atoms with E-state index in [0.29, 0.717) is 5.69 Å². The van der Waals surface area contributed by atoms with E-state index in [1.54, 1.807) is 6.20 Å². The Labute approximate surface area is 99.3 Å². The molecule has 0 radical (unpaired) electrons. The van der Waals surface area contributed by atoms with Crippen LogP contribution in [0.15, 0.2) is 17.8 Å². The molecule has 0 amide bonds. The molecule has 1 aliphatic carbocycles. The van der Waals surface area contributed by atoms with Crippen LogP contribution in [0.2, 0.25) is 0 Å². The maximum atomic E-state index is 12.7. The zero-order chi connectivity index (χ0) is 12.1. The summed E-state index contributed by atoms with van der Waals surface area (Å²) >= 11 is 1.46. The number of alkyl halides is 3. The zero-order valence-electron chi connectivity index (χ0n) is 8.79. The summed E-state index contributed by atoms with van der Waals surface area (Å²) in [5.41, 5.74) is -1.02. The van der Waals surface area contributed by atoms with Crippen molar-refractivity contribution in [1.82, 2.24) is 14.7 Å². The van der Waals surface area contributed by atoms with Crippen LogP contribution in [0.25, 0.3) is 4.96 Å². The SMILES string of the molecule is FC(F)(F)C1(NCc2cn3ccsc3n2)CC1. The standard InChI is InChI=1S/C10H10F3N3S/c11-10(12,13)9(1-2-9)14-5-7-6-16-3-4-17-8(16)15-7/h3-4,6,14H,1-2,5H2. The van der Waals surface area contributed by atoms with Gasteiger partial charge in [-0.05, 0) is 12.8 Å². The van der Waals surface area contributed by atoms with Crippen LogP contribution < -0.4 is 5.32 Å². The minimum Gasteiger partial charge on any atom is -0.298 e. The number of imidazole rings is 1. The Balaban J connectivity index is 1.71. The third-order valence-electron chi connectivity index (χ3n) is 3.04. The first-order valence-corrected chi connectivity index (χ1v) is 6.11. The molecule has 0 saturated heterocycles. The van der Waals surface area contributed by atoms with E-state index in [0.717, 1.165) is 4.96 Å². The van der Waals surface area contributed by atoms with Gasteiger partial charge in [-0.2, -0.15) is 13.2 Å². The summed E-state index contributed by atoms with van der Waals surface area (Å²) in [5, 5.41) is 4.47. The molecule has 17 heavy (non-hydrogen) atoms. The molecule has 0 bridgehead atoms. The fourth-order valence-corrected chi connectivity index (χ4v) is 2.53. The molecule has 1 fully saturated rings. The highest BCUT2D eigenvalue weighted by molar-refractivity contribution is 7.15. The number of rotatable bonds is 3. The Kier molecular flexibility index (Phi) is 2.24. The van der Waals surface area contributed by atoms with Gasteiger partial charge in [0.25, 0.3) is 0 Å². The van der Waals surface area contributed by atoms with Gasteiger partial charge in [-0.25, -0.2) is 4.98 Å². The Bertz CT molecular complexity index is 510. The minimum atomic E-state index is -4.16. The lowest BCUT2D eigenvalue weighted by atomic mass is 10.2. The molecule has 0 aliphatic heterocycles. The molecule has 3 rings (SSSR count). The van der Waals surface area contributed by atoms with Crippen molar-refractivity contribution in [1.29, 1.82) is 0 Å². The van der Waals surface area contributed by atoms with Gasteiger partial charge in [-0.15, -0.1) is 11.3 Å². The number of hydrogen-bond acceptors (Lipinski definition) is 3. The van der Waals surface area contributed by atoms with Gasteiger partial charge >= 0.3 is 6.18 Å². The third kappa shape index (κ3) is 1.83. The van der Waals surface area contributed by atoms with Crippen LogP contribution in [0, 0.1) is 0 Å². The normalized spacial score (nSPS) is 18.8. The molecule has 92 valence electrons. The molecule has 1 saturated carbocycles. The highest BCUT2D eigenvalue weighted by atomic mass is 32.1. The molecule has 0 spiro atoms. The highest BCUT2D eigenvalue weighted by Gasteiger charge is 2.62. The average molecular weight is 261 g/mol. The molecule has 0 aromatic carbocycles. The van der Waals surface area contributed by atoms with Crippen LogP contribution in [-0.4, -0.2) is 21.1 Å². The van der Waals surface area contributed by atoms with Crippen molar-refractivity contribution in [3.05, 3.63) is 23.5 Å². The van der Waals surface area contributed by atoms with Gasteiger partial charge in [-0.1, -0.05) is 0 Å². The van der Waals surface area contributed by atoms with Gasteiger partial charge in [0, 0.05) is 24.3 Å². The van der Waals surface area contributed by atoms with Crippen LogP contribution in [0.3, 0.4) is 0 Å². The number of nitrogens with zero attached hydrogens (tertiary/aromatic N) is 2. The van der Waals surface area contributed by atoms with Crippen molar-refractivity contribution in [3.8, 4) is 0 Å². The van der Waals surface area contributed by atoms with E-state index in [9.17, 15) is 13.2 Å². The number of halogens is 3. The van der Waals surface area contributed by atoms with Crippen LogP contribution >= 0.6 is 11.3 Å². The Morgan fingerprint density at radius 2 is 2.24 bits per heavy atom. The van der Waals surface area contributed by atoms with Gasteiger partial charge in [0.15, 0.2) is 4.96 Å². The summed E-state index contributed by atoms with van der Waals surface area (Å²) in [6.45, 7) is 0.161. The second kappa shape index (κ2) is 3.46. The first-order chi connectivity index (χ1) is 8.00. The maximum Gasteiger partial charge on any atom is 0.406 e. The number of fused-ring (bicyclic) bond motifs is 1. The monoisotopic (exact) mass is 261 g/mol. The molecule has 2 aromatic rings. The number of hydrogen-bond donors (Lipinski definition) is 1. The molecule has 1 aliphatic rings. The lowest BCUT2D eigenvalue weighted by molar-refractivity contribution is -0.166. The summed E-state index contributed by atoms with van der Waals surface area (Å²) in [4.78, 5) is 5.04. The van der Waals surface area contributed by atoms with Crippen molar-refractivity contribution < 1.29 is 13.2 Å². The Morgan fingerprint density at radius 1 is 1.47 bits per heavy atom. The predicted octanol–water partition coefficient (Wildman–Crippen LogP) is 2.58. The van der Waals surface area contributed by atoms with Gasteiger partial charge in [0.2, 0.25) is 0 Å². The molecule has 2 heterocycles. The van der Waals surface area contributed by atoms with E-state index >= 15 is 0 Å². The van der Waals surface area contributed by atoms with Crippen molar-refractivity contribution in [2.75, 3.05) is 0 Å². The number of aromatic nitrogens is 2. The highest BCUT2D eigenvalue weighted by Crippen LogP contribution is 2.49. The van der Waals surface area contributed by atoms with Crippen molar-refractivity contribution in [2.24, 2.45) is 0 Å². The van der Waals surface area contributed by atoms with Crippen molar-refractivity contribution >= 4 is 16.3 Å². The van der Waals surface area contributed by atoms with E-state index < -0.39 is 11.7 Å². The topological polar surface area (TPSA) is 29.3 Å². The molecule has 0 atom stereocenters. The summed E-state index contributed by atoms with van der Waals surface area (Å²) in [6, 6.07) is 0. The second-order valence-corrected chi connectivity index (χ2v) is 5.13. The number of nitrogens with one attached hydrogen (secondary N) is 1. The first-order valence-electron chi connectivity index (χ1n) is 5.23. The quantitative estimate of drug-likeness (QED) is 0.920. The smallest absolute Gasteiger partial charge is 0.298 e. The largest absolute Gasteiger partial charge is 0.406 e. The Morgan fingerprint density at radius 3 is 2.82 bits per heavy atom. The van der Waals surface area contributed by atoms with Gasteiger partial charge in [-0.3, -0.25) is 9.72 Å². The predicted molar refractivity (Wildman–Crippen MR) is 57.9 cm³/mol. The molecule has 1 N–H and O–H groups in total. The molecule has 3 nitrogen and oxygen atoms in total. The van der Waals surface area contributed by atoms with Crippen molar-refractivity contribution in [2.45, 2.75) is 31.1 Å². The minimum absolute atomic E-state index is 0.161. The van der Waals surface area contributed by atoms with Gasteiger partial charge in [0.05, 0.1) is 5.69 Å². The molecule has 2 aromatic heterocycles. The van der Waals surface area contributed by atoms with Crippen LogP contribution in [0.1, 0.15) is 18.5 Å². The lowest BCUT2D eigenvalue weighted by Crippen LogP contribution is -2.44. The van der Waals surface area contributed by atoms with E-state index in [4.69, 9.17) is 0 Å². The van der Waals surface area contributed by atoms with E-state index in [2.05, 4.69) is 10.3 Å². The summed E-state index contributed by atoms with van der Waals surface area (Å²) in [7, 11) is 0. The maximum absolute atomic E-state index is 12.7. The number of thiazole rings is 1. The Hall–Kier alpha value is -1.08. The van der Waals surface area contributed by atoms with Crippen LogP contribution in [0.5, 0.6) is 0 Å². The fraction of sp³-hybridized carbons (Fsp3) is 0.500. The molecular formula is C10H10F3N3S. The van der Waals surface area contributed by atoms with E-state index in [1.165, 1.54) is 11.3 Å². The third-order valence-corrected chi connectivity index (χ3v) is 3.81. The molecular weight excluding hydrogens is 251 g/mol. The van der Waals surface area contributed by atoms with E-state index in [1.807, 2.05) is 16.0 Å². The average Bonchev–Trinajstić information content (AvgIpc) is 2.76. The molecule has 7 heteroatoms. The van der Waals surface area contributed by atoms with Crippen molar-refractivity contribution in [3.63, 3.8) is 0 Å². The van der Waals surface area contributed by atoms with Crippen LogP contribution in [0.4, 0.5) is 13.2 Å². The first kappa shape index (κ1) is 11.0. The lowest BCUT2D eigenvalue weighted by Gasteiger charge is -2.19. The van der Waals surface area contributed by atoms with Crippen LogP contribution in [-0.2, 0) is 6.54 Å². The van der Waals surface area contributed by atoms with Gasteiger partial charge < -0.3 is 0 Å². The second-order valence-electron chi connectivity index (χ2n) is 4.26. The van der Waals surface area contributed by atoms with E-state index in [-0.39, 0.29) is 19.4 Å². The zero-order valence-corrected chi connectivity index (χ0v) is 9.61. The fourth-order valence-electron chi connectivity index (χ4n) is 1.81. The molecule has 0 unspecified atom stereocenters. The summed E-state index contributed by atoms with van der Waals surface area (Å²) in [5.74, 6) is 0. The van der Waals surface area contributed by atoms with Gasteiger partial charge in [0.1, 0.15) is 5.54 Å².